The van der Waals surface area contributed by atoms with E-state index in [0.29, 0.717) is 25.1 Å². The molecule has 1 heterocycles. The third-order valence-corrected chi connectivity index (χ3v) is 2.80. The number of hydrogen-bond acceptors (Lipinski definition) is 4. The molecule has 0 spiro atoms. The highest BCUT2D eigenvalue weighted by Gasteiger charge is 2.06. The molecular weight excluding hydrogens is 238 g/mol. The molecule has 0 radical (unpaired) electrons. The normalized spacial score (nSPS) is 9.94. The first kappa shape index (κ1) is 13.7. The van der Waals surface area contributed by atoms with E-state index in [1.165, 1.54) is 11.3 Å². The predicted molar refractivity (Wildman–Crippen MR) is 68.2 cm³/mol. The molecule has 0 aromatic carbocycles. The predicted octanol–water partition coefficient (Wildman–Crippen LogP) is 0.204. The van der Waals surface area contributed by atoms with Crippen molar-refractivity contribution < 1.29 is 9.59 Å². The van der Waals surface area contributed by atoms with E-state index in [2.05, 4.69) is 16.0 Å². The van der Waals surface area contributed by atoms with Crippen molar-refractivity contribution >= 4 is 23.2 Å². The minimum atomic E-state index is -0.130. The molecule has 1 aromatic rings. The number of carbonyl (C=O) groups excluding carboxylic acids is 2. The zero-order chi connectivity index (χ0) is 12.5. The van der Waals surface area contributed by atoms with E-state index in [0.717, 1.165) is 6.54 Å². The van der Waals surface area contributed by atoms with Crippen LogP contribution in [0, 0.1) is 0 Å². The van der Waals surface area contributed by atoms with E-state index in [4.69, 9.17) is 0 Å². The number of thiophene rings is 1. The van der Waals surface area contributed by atoms with Gasteiger partial charge in [0, 0.05) is 37.0 Å². The monoisotopic (exact) mass is 255 g/mol. The van der Waals surface area contributed by atoms with Crippen molar-refractivity contribution in [1.29, 1.82) is 0 Å². The van der Waals surface area contributed by atoms with Gasteiger partial charge in [-0.05, 0) is 18.5 Å². The van der Waals surface area contributed by atoms with Crippen molar-refractivity contribution in [3.8, 4) is 0 Å². The molecule has 1 rings (SSSR count). The fourth-order valence-electron chi connectivity index (χ4n) is 1.20. The Bertz CT molecular complexity index is 352. The van der Waals surface area contributed by atoms with Crippen LogP contribution >= 0.6 is 11.3 Å². The summed E-state index contributed by atoms with van der Waals surface area (Å²) in [6.07, 6.45) is 0.305. The number of nitrogens with one attached hydrogen (secondary N) is 3. The Morgan fingerprint density at radius 1 is 1.24 bits per heavy atom. The zero-order valence-electron chi connectivity index (χ0n) is 9.79. The van der Waals surface area contributed by atoms with E-state index in [1.54, 1.807) is 11.4 Å². The summed E-state index contributed by atoms with van der Waals surface area (Å²) in [6.45, 7) is 1.71. The van der Waals surface area contributed by atoms with Crippen LogP contribution in [-0.4, -0.2) is 38.5 Å². The Morgan fingerprint density at radius 3 is 2.71 bits per heavy atom. The standard InChI is InChI=1S/C11H17N3O2S/c1-12-5-6-13-10(15)2-4-14-11(16)9-3-7-17-8-9/h3,7-8,12H,2,4-6H2,1H3,(H,13,15)(H,14,16). The van der Waals surface area contributed by atoms with Crippen molar-refractivity contribution in [3.63, 3.8) is 0 Å². The van der Waals surface area contributed by atoms with Crippen LogP contribution in [0.25, 0.3) is 0 Å². The highest BCUT2D eigenvalue weighted by Crippen LogP contribution is 2.04. The van der Waals surface area contributed by atoms with Crippen LogP contribution in [0.5, 0.6) is 0 Å². The van der Waals surface area contributed by atoms with E-state index < -0.39 is 0 Å². The molecule has 0 bridgehead atoms. The number of likely N-dealkylation sites (N-methyl/N-ethyl adjacent to an activating group) is 1. The van der Waals surface area contributed by atoms with Gasteiger partial charge in [0.25, 0.3) is 5.91 Å². The van der Waals surface area contributed by atoms with Gasteiger partial charge in [-0.1, -0.05) is 0 Å². The Balaban J connectivity index is 2.11. The molecule has 3 N–H and O–H groups in total. The summed E-state index contributed by atoms with van der Waals surface area (Å²) in [7, 11) is 1.83. The smallest absolute Gasteiger partial charge is 0.252 e. The Morgan fingerprint density at radius 2 is 2.06 bits per heavy atom. The van der Waals surface area contributed by atoms with E-state index >= 15 is 0 Å². The van der Waals surface area contributed by atoms with Gasteiger partial charge in [-0.25, -0.2) is 0 Å². The topological polar surface area (TPSA) is 70.2 Å². The second-order valence-corrected chi connectivity index (χ2v) is 4.25. The van der Waals surface area contributed by atoms with Crippen molar-refractivity contribution in [2.45, 2.75) is 6.42 Å². The van der Waals surface area contributed by atoms with Crippen molar-refractivity contribution in [2.75, 3.05) is 26.7 Å². The molecule has 0 saturated carbocycles. The second-order valence-electron chi connectivity index (χ2n) is 3.47. The molecule has 0 aliphatic rings. The van der Waals surface area contributed by atoms with Gasteiger partial charge in [0.2, 0.25) is 5.91 Å². The van der Waals surface area contributed by atoms with Crippen LogP contribution in [0.1, 0.15) is 16.8 Å². The average Bonchev–Trinajstić information content (AvgIpc) is 2.82. The first-order chi connectivity index (χ1) is 8.24. The van der Waals surface area contributed by atoms with Crippen LogP contribution in [0.15, 0.2) is 16.8 Å². The Labute approximate surface area is 105 Å². The van der Waals surface area contributed by atoms with Crippen LogP contribution in [0.2, 0.25) is 0 Å². The van der Waals surface area contributed by atoms with Crippen LogP contribution in [0.4, 0.5) is 0 Å². The molecule has 17 heavy (non-hydrogen) atoms. The van der Waals surface area contributed by atoms with E-state index in [9.17, 15) is 9.59 Å². The molecule has 0 aliphatic heterocycles. The summed E-state index contributed by atoms with van der Waals surface area (Å²) in [5.74, 6) is -0.180. The highest BCUT2D eigenvalue weighted by atomic mass is 32.1. The molecule has 0 aliphatic carbocycles. The molecule has 5 nitrogen and oxygen atoms in total. The number of hydrogen-bond donors (Lipinski definition) is 3. The van der Waals surface area contributed by atoms with Crippen LogP contribution < -0.4 is 16.0 Å². The van der Waals surface area contributed by atoms with Gasteiger partial charge in [0.15, 0.2) is 0 Å². The lowest BCUT2D eigenvalue weighted by Crippen LogP contribution is -2.33. The molecule has 6 heteroatoms. The van der Waals surface area contributed by atoms with Crippen molar-refractivity contribution in [3.05, 3.63) is 22.4 Å². The SMILES string of the molecule is CNCCNC(=O)CCNC(=O)c1ccsc1. The van der Waals surface area contributed by atoms with Gasteiger partial charge in [0.1, 0.15) is 0 Å². The molecule has 0 saturated heterocycles. The quantitative estimate of drug-likeness (QED) is 0.610. The number of rotatable bonds is 7. The fraction of sp³-hybridized carbons (Fsp3) is 0.455. The van der Waals surface area contributed by atoms with Crippen molar-refractivity contribution in [1.82, 2.24) is 16.0 Å². The first-order valence-corrected chi connectivity index (χ1v) is 6.40. The molecule has 2 amide bonds. The summed E-state index contributed by atoms with van der Waals surface area (Å²) in [4.78, 5) is 22.8. The summed E-state index contributed by atoms with van der Waals surface area (Å²) in [6, 6.07) is 1.76. The van der Waals surface area contributed by atoms with Gasteiger partial charge in [-0.2, -0.15) is 11.3 Å². The maximum atomic E-state index is 11.5. The maximum Gasteiger partial charge on any atom is 0.252 e. The molecule has 1 aromatic heterocycles. The molecule has 94 valence electrons. The number of amides is 2. The highest BCUT2D eigenvalue weighted by molar-refractivity contribution is 7.08. The lowest BCUT2D eigenvalue weighted by Gasteiger charge is -2.05. The lowest BCUT2D eigenvalue weighted by atomic mass is 10.3. The first-order valence-electron chi connectivity index (χ1n) is 5.45. The largest absolute Gasteiger partial charge is 0.355 e. The van der Waals surface area contributed by atoms with Crippen LogP contribution in [0.3, 0.4) is 0 Å². The summed E-state index contributed by atoms with van der Waals surface area (Å²) in [5.41, 5.74) is 0.644. The molecule has 0 atom stereocenters. The van der Waals surface area contributed by atoms with Gasteiger partial charge in [0.05, 0.1) is 0 Å². The third-order valence-electron chi connectivity index (χ3n) is 2.12. The van der Waals surface area contributed by atoms with Gasteiger partial charge >= 0.3 is 0 Å². The molecular formula is C11H17N3O2S. The van der Waals surface area contributed by atoms with Gasteiger partial charge < -0.3 is 16.0 Å². The van der Waals surface area contributed by atoms with Gasteiger partial charge in [-0.15, -0.1) is 0 Å². The number of carbonyl (C=O) groups is 2. The van der Waals surface area contributed by atoms with E-state index in [1.807, 2.05) is 12.4 Å². The summed E-state index contributed by atoms with van der Waals surface area (Å²) < 4.78 is 0. The second kappa shape index (κ2) is 7.81. The van der Waals surface area contributed by atoms with Crippen molar-refractivity contribution in [2.24, 2.45) is 0 Å². The molecule has 0 fully saturated rings. The summed E-state index contributed by atoms with van der Waals surface area (Å²) in [5, 5.41) is 12.0. The van der Waals surface area contributed by atoms with E-state index in [-0.39, 0.29) is 11.8 Å². The fourth-order valence-corrected chi connectivity index (χ4v) is 1.84. The Kier molecular flexibility index (Phi) is 6.27. The molecule has 0 unspecified atom stereocenters. The zero-order valence-corrected chi connectivity index (χ0v) is 10.6. The minimum absolute atomic E-state index is 0.0501. The third kappa shape index (κ3) is 5.46. The van der Waals surface area contributed by atoms with Crippen LogP contribution in [-0.2, 0) is 4.79 Å². The lowest BCUT2D eigenvalue weighted by molar-refractivity contribution is -0.120. The average molecular weight is 255 g/mol. The Hall–Kier alpha value is -1.40. The van der Waals surface area contributed by atoms with Gasteiger partial charge in [-0.3, -0.25) is 9.59 Å². The maximum absolute atomic E-state index is 11.5. The summed E-state index contributed by atoms with van der Waals surface area (Å²) >= 11 is 1.47. The minimum Gasteiger partial charge on any atom is -0.355 e.